The van der Waals surface area contributed by atoms with Crippen LogP contribution >= 0.6 is 0 Å². The Bertz CT molecular complexity index is 1380. The molecule has 1 heterocycles. The molecule has 0 unspecified atom stereocenters. The molecule has 1 aliphatic rings. The second-order valence-corrected chi connectivity index (χ2v) is 10.2. The number of hydrazine groups is 2. The fraction of sp³-hybridized carbons (Fsp3) is 0.0625. The summed E-state index contributed by atoms with van der Waals surface area (Å²) < 4.78 is 0. The third-order valence-electron chi connectivity index (χ3n) is 8.19. The highest BCUT2D eigenvalue weighted by Gasteiger charge is 2.55. The van der Waals surface area contributed by atoms with Crippen LogP contribution in [0.2, 0.25) is 0 Å². The Kier molecular flexibility index (Phi) is 7.23. The van der Waals surface area contributed by atoms with Gasteiger partial charge in [0.25, 0.3) is 0 Å². The molecular formula is C32H32B3N4-. The van der Waals surface area contributed by atoms with E-state index < -0.39 is 6.28 Å². The van der Waals surface area contributed by atoms with Crippen LogP contribution in [0.3, 0.4) is 0 Å². The molecule has 5 aromatic carbocycles. The molecule has 0 bridgehead atoms. The summed E-state index contributed by atoms with van der Waals surface area (Å²) in [6.07, 6.45) is -1.63. The molecule has 1 aliphatic heterocycles. The van der Waals surface area contributed by atoms with Crippen molar-refractivity contribution in [1.82, 2.24) is 20.0 Å². The zero-order chi connectivity index (χ0) is 26.7. The molecule has 0 aliphatic carbocycles. The third kappa shape index (κ3) is 4.34. The molecule has 1 saturated heterocycles. The van der Waals surface area contributed by atoms with E-state index >= 15 is 0 Å². The van der Waals surface area contributed by atoms with Crippen molar-refractivity contribution < 1.29 is 0 Å². The smallest absolute Gasteiger partial charge is 0.360 e. The molecule has 4 nitrogen and oxygen atoms in total. The predicted octanol–water partition coefficient (Wildman–Crippen LogP) is 2.04. The van der Waals surface area contributed by atoms with Gasteiger partial charge in [-0.3, -0.25) is 10.3 Å². The van der Waals surface area contributed by atoms with Crippen molar-refractivity contribution in [2.75, 3.05) is 14.1 Å². The molecule has 6 rings (SSSR count). The van der Waals surface area contributed by atoms with E-state index in [1.807, 2.05) is 7.05 Å². The number of hydrogen-bond donors (Lipinski definition) is 1. The number of rotatable bonds is 7. The topological polar surface area (TPSA) is 21.8 Å². The third-order valence-corrected chi connectivity index (χ3v) is 8.19. The zero-order valence-electron chi connectivity index (χ0n) is 22.5. The van der Waals surface area contributed by atoms with Crippen molar-refractivity contribution in [2.24, 2.45) is 0 Å². The Balaban J connectivity index is 1.71. The largest absolute Gasteiger partial charge is 0.429 e. The van der Waals surface area contributed by atoms with Crippen molar-refractivity contribution >= 4 is 47.6 Å². The summed E-state index contributed by atoms with van der Waals surface area (Å²) in [5, 5.41) is 0. The summed E-state index contributed by atoms with van der Waals surface area (Å²) in [7, 11) is 4.27. The lowest BCUT2D eigenvalue weighted by atomic mass is 9.21. The molecule has 0 aromatic heterocycles. The van der Waals surface area contributed by atoms with Gasteiger partial charge >= 0.3 is 14.0 Å². The summed E-state index contributed by atoms with van der Waals surface area (Å²) >= 11 is 0. The summed E-state index contributed by atoms with van der Waals surface area (Å²) in [5.74, 6) is 0. The first-order valence-electron chi connectivity index (χ1n) is 13.7. The maximum Gasteiger partial charge on any atom is 0.360 e. The maximum atomic E-state index is 3.61. The minimum Gasteiger partial charge on any atom is -0.429 e. The van der Waals surface area contributed by atoms with Crippen LogP contribution in [-0.4, -0.2) is 48.9 Å². The van der Waals surface area contributed by atoms with Crippen LogP contribution in [0.5, 0.6) is 0 Å². The van der Waals surface area contributed by atoms with E-state index in [1.54, 1.807) is 0 Å². The number of benzene rings is 5. The van der Waals surface area contributed by atoms with Crippen molar-refractivity contribution in [1.29, 1.82) is 0 Å². The lowest BCUT2D eigenvalue weighted by Gasteiger charge is -2.56. The fourth-order valence-corrected chi connectivity index (χ4v) is 6.64. The fourth-order valence-electron chi connectivity index (χ4n) is 6.64. The molecule has 190 valence electrons. The molecule has 0 amide bonds. The van der Waals surface area contributed by atoms with E-state index in [2.05, 4.69) is 179 Å². The van der Waals surface area contributed by atoms with Gasteiger partial charge in [-0.1, -0.05) is 152 Å². The van der Waals surface area contributed by atoms with Crippen LogP contribution in [-0.2, 0) is 0 Å². The molecule has 7 heteroatoms. The Labute approximate surface area is 233 Å². The van der Waals surface area contributed by atoms with Crippen molar-refractivity contribution in [3.63, 3.8) is 0 Å². The Morgan fingerprint density at radius 1 is 0.487 bits per heavy atom. The normalized spacial score (nSPS) is 15.1. The predicted molar refractivity (Wildman–Crippen MR) is 168 cm³/mol. The van der Waals surface area contributed by atoms with Gasteiger partial charge in [0.15, 0.2) is 0 Å². The van der Waals surface area contributed by atoms with Gasteiger partial charge < -0.3 is 9.75 Å². The average molecular weight is 505 g/mol. The van der Waals surface area contributed by atoms with E-state index in [0.29, 0.717) is 0 Å². The van der Waals surface area contributed by atoms with Crippen LogP contribution in [0.1, 0.15) is 0 Å². The Morgan fingerprint density at radius 2 is 0.821 bits per heavy atom. The second-order valence-electron chi connectivity index (χ2n) is 10.2. The molecule has 39 heavy (non-hydrogen) atoms. The van der Waals surface area contributed by atoms with Crippen LogP contribution in [0.25, 0.3) is 0 Å². The highest BCUT2D eigenvalue weighted by Crippen LogP contribution is 2.25. The lowest BCUT2D eigenvalue weighted by Crippen LogP contribution is -2.82. The highest BCUT2D eigenvalue weighted by atomic mass is 15.7. The number of nitrogens with one attached hydrogen (secondary N) is 1. The van der Waals surface area contributed by atoms with Gasteiger partial charge in [0.05, 0.1) is 0 Å². The van der Waals surface area contributed by atoms with Gasteiger partial charge in [0.2, 0.25) is 0 Å². The Hall–Kier alpha value is -3.87. The molecule has 0 radical (unpaired) electrons. The van der Waals surface area contributed by atoms with Crippen LogP contribution in [0.4, 0.5) is 0 Å². The highest BCUT2D eigenvalue weighted by molar-refractivity contribution is 7.14. The summed E-state index contributed by atoms with van der Waals surface area (Å²) in [5.41, 5.74) is 9.88. The SMILES string of the molecule is CNN1B(c2ccccc2)N(C)N([B-](c2ccccc2)(c2ccccc2)c2ccccc2)B1c1ccccc1. The molecule has 0 spiro atoms. The van der Waals surface area contributed by atoms with E-state index in [9.17, 15) is 0 Å². The van der Waals surface area contributed by atoms with E-state index in [4.69, 9.17) is 0 Å². The summed E-state index contributed by atoms with van der Waals surface area (Å²) in [6.45, 7) is -0.120. The molecular weight excluding hydrogens is 473 g/mol. The van der Waals surface area contributed by atoms with Gasteiger partial charge in [0, 0.05) is 0 Å². The lowest BCUT2D eigenvalue weighted by molar-refractivity contribution is 0.323. The first-order valence-corrected chi connectivity index (χ1v) is 13.7. The van der Waals surface area contributed by atoms with E-state index in [0.717, 1.165) is 0 Å². The molecule has 0 saturated carbocycles. The minimum absolute atomic E-state index is 0.0289. The maximum absolute atomic E-state index is 3.61. The second kappa shape index (κ2) is 11.1. The number of hydrogen-bond acceptors (Lipinski definition) is 4. The quantitative estimate of drug-likeness (QED) is 0.342. The standard InChI is InChI=1S/C32H32B3N4/c1-36-38-33(28-18-8-3-9-19-28)37(2)39(34(38)29-20-10-4-11-21-29)35(30-22-12-5-13-23-30,31-24-14-6-15-25-31)32-26-16-7-17-27-32/h3-27,36H,1-2H3/q-1. The number of nitrogens with zero attached hydrogens (tertiary/aromatic N) is 3. The van der Waals surface area contributed by atoms with E-state index in [-0.39, 0.29) is 14.0 Å². The van der Waals surface area contributed by atoms with Gasteiger partial charge in [-0.15, -0.1) is 0 Å². The van der Waals surface area contributed by atoms with Gasteiger partial charge in [-0.25, -0.2) is 0 Å². The molecule has 5 aromatic rings. The van der Waals surface area contributed by atoms with Crippen LogP contribution in [0, 0.1) is 0 Å². The van der Waals surface area contributed by atoms with E-state index in [1.165, 1.54) is 27.3 Å². The first-order chi connectivity index (χ1) is 19.3. The van der Waals surface area contributed by atoms with Crippen molar-refractivity contribution in [3.05, 3.63) is 152 Å². The first kappa shape index (κ1) is 25.4. The Morgan fingerprint density at radius 3 is 1.18 bits per heavy atom. The van der Waals surface area contributed by atoms with Crippen molar-refractivity contribution in [2.45, 2.75) is 0 Å². The van der Waals surface area contributed by atoms with Gasteiger partial charge in [-0.05, 0) is 25.0 Å². The molecule has 1 N–H and O–H groups in total. The van der Waals surface area contributed by atoms with Crippen LogP contribution in [0.15, 0.2) is 152 Å². The van der Waals surface area contributed by atoms with Gasteiger partial charge in [-0.2, -0.15) is 16.4 Å². The molecule has 0 atom stereocenters. The average Bonchev–Trinajstić information content (AvgIpc) is 3.32. The summed E-state index contributed by atoms with van der Waals surface area (Å²) in [4.78, 5) is 7.45. The van der Waals surface area contributed by atoms with Crippen molar-refractivity contribution in [3.8, 4) is 0 Å². The molecule has 1 fully saturated rings. The minimum atomic E-state index is -1.63. The van der Waals surface area contributed by atoms with Crippen LogP contribution < -0.4 is 32.7 Å². The van der Waals surface area contributed by atoms with Gasteiger partial charge in [0.1, 0.15) is 6.28 Å². The summed E-state index contributed by atoms with van der Waals surface area (Å²) in [6, 6.07) is 54.6. The zero-order valence-corrected chi connectivity index (χ0v) is 22.5. The monoisotopic (exact) mass is 505 g/mol.